The fraction of sp³-hybridized carbons (Fsp3) is 0.235. The third-order valence-electron chi connectivity index (χ3n) is 4.12. The number of alkyl halides is 3. The van der Waals surface area contributed by atoms with Gasteiger partial charge in [0.1, 0.15) is 0 Å². The maximum Gasteiger partial charge on any atom is 0.516 e. The van der Waals surface area contributed by atoms with Crippen LogP contribution in [0.15, 0.2) is 42.5 Å². The summed E-state index contributed by atoms with van der Waals surface area (Å²) in [6, 6.07) is 11.1. The number of carbonyl (C=O) groups excluding carboxylic acids is 1. The molecular formula is C17H14F3IN2O3S. The Hall–Kier alpha value is -1.82. The highest BCUT2D eigenvalue weighted by atomic mass is 127. The molecule has 0 aliphatic carbocycles. The smallest absolute Gasteiger partial charge is 0.334 e. The summed E-state index contributed by atoms with van der Waals surface area (Å²) in [6.45, 7) is 0.824. The maximum absolute atomic E-state index is 12.6. The van der Waals surface area contributed by atoms with Gasteiger partial charge in [-0.15, -0.1) is 0 Å². The van der Waals surface area contributed by atoms with Crippen LogP contribution in [0.3, 0.4) is 0 Å². The van der Waals surface area contributed by atoms with Crippen LogP contribution in [0.2, 0.25) is 0 Å². The van der Waals surface area contributed by atoms with Crippen molar-refractivity contribution in [3.63, 3.8) is 0 Å². The minimum Gasteiger partial charge on any atom is -0.334 e. The minimum absolute atomic E-state index is 0.102. The van der Waals surface area contributed by atoms with E-state index in [4.69, 9.17) is 0 Å². The summed E-state index contributed by atoms with van der Waals surface area (Å²) in [5.41, 5.74) is -3.23. The van der Waals surface area contributed by atoms with Crippen LogP contribution in [0.25, 0.3) is 0 Å². The van der Waals surface area contributed by atoms with Gasteiger partial charge in [0, 0.05) is 27.9 Å². The number of anilines is 1. The lowest BCUT2D eigenvalue weighted by atomic mass is 9.98. The molecule has 0 radical (unpaired) electrons. The second-order valence-corrected chi connectivity index (χ2v) is 8.95. The third-order valence-corrected chi connectivity index (χ3v) is 5.91. The average Bonchev–Trinajstić information content (AvgIpc) is 2.58. The lowest BCUT2D eigenvalue weighted by Gasteiger charge is -2.29. The van der Waals surface area contributed by atoms with Crippen LogP contribution in [0.1, 0.15) is 21.5 Å². The van der Waals surface area contributed by atoms with Crippen LogP contribution < -0.4 is 4.72 Å². The number of halogens is 4. The molecule has 2 aromatic rings. The number of rotatable bonds is 4. The largest absolute Gasteiger partial charge is 0.516 e. The topological polar surface area (TPSA) is 66.5 Å². The van der Waals surface area contributed by atoms with Crippen molar-refractivity contribution in [1.29, 1.82) is 0 Å². The number of sulfonamides is 1. The van der Waals surface area contributed by atoms with E-state index in [9.17, 15) is 26.4 Å². The summed E-state index contributed by atoms with van der Waals surface area (Å²) in [7, 11) is -5.45. The highest BCUT2D eigenvalue weighted by Crippen LogP contribution is 2.26. The Morgan fingerprint density at radius 1 is 1.11 bits per heavy atom. The molecule has 144 valence electrons. The molecule has 2 aromatic carbocycles. The fourth-order valence-corrected chi connectivity index (χ4v) is 3.89. The van der Waals surface area contributed by atoms with E-state index in [0.29, 0.717) is 17.7 Å². The number of carbonyl (C=O) groups is 1. The predicted octanol–water partition coefficient (Wildman–Crippen LogP) is 3.75. The zero-order chi connectivity index (χ0) is 19.8. The van der Waals surface area contributed by atoms with Gasteiger partial charge in [-0.2, -0.15) is 21.6 Å². The number of hydrogen-bond acceptors (Lipinski definition) is 3. The van der Waals surface area contributed by atoms with Crippen LogP contribution >= 0.6 is 22.6 Å². The molecule has 27 heavy (non-hydrogen) atoms. The minimum atomic E-state index is -5.45. The van der Waals surface area contributed by atoms with Crippen LogP contribution in [0, 0.1) is 3.57 Å². The second kappa shape index (κ2) is 7.30. The SMILES string of the molecule is O=C1c2ccc(I)cc2CCN1Cc1ccc(NS(=O)(=O)C(F)(F)F)cc1. The standard InChI is InChI=1S/C17H14F3IN2O3S/c18-17(19,20)27(25,26)22-14-4-1-11(2-5-14)10-23-8-7-12-9-13(21)3-6-15(12)16(23)24/h1-6,9,22H,7-8,10H2. The van der Waals surface area contributed by atoms with E-state index in [1.54, 1.807) is 11.0 Å². The van der Waals surface area contributed by atoms with E-state index in [2.05, 4.69) is 22.6 Å². The molecule has 0 spiro atoms. The average molecular weight is 510 g/mol. The maximum atomic E-state index is 12.6. The molecule has 5 nitrogen and oxygen atoms in total. The van der Waals surface area contributed by atoms with E-state index in [1.807, 2.05) is 12.1 Å². The molecule has 0 bridgehead atoms. The van der Waals surface area contributed by atoms with Gasteiger partial charge in [0.15, 0.2) is 0 Å². The van der Waals surface area contributed by atoms with Gasteiger partial charge in [-0.05, 0) is 70.5 Å². The van der Waals surface area contributed by atoms with E-state index in [1.165, 1.54) is 29.0 Å². The first-order valence-corrected chi connectivity index (χ1v) is 10.4. The predicted molar refractivity (Wildman–Crippen MR) is 103 cm³/mol. The molecule has 1 aliphatic heterocycles. The lowest BCUT2D eigenvalue weighted by molar-refractivity contribution is -0.0429. The van der Waals surface area contributed by atoms with Crippen molar-refractivity contribution in [3.8, 4) is 0 Å². The monoisotopic (exact) mass is 510 g/mol. The van der Waals surface area contributed by atoms with Gasteiger partial charge in [-0.1, -0.05) is 12.1 Å². The Morgan fingerprint density at radius 2 is 1.78 bits per heavy atom. The van der Waals surface area contributed by atoms with Gasteiger partial charge in [0.05, 0.1) is 0 Å². The van der Waals surface area contributed by atoms with E-state index >= 15 is 0 Å². The van der Waals surface area contributed by atoms with Crippen molar-refractivity contribution in [2.24, 2.45) is 0 Å². The number of nitrogens with zero attached hydrogens (tertiary/aromatic N) is 1. The molecule has 0 atom stereocenters. The van der Waals surface area contributed by atoms with Crippen LogP contribution in [-0.2, 0) is 23.0 Å². The van der Waals surface area contributed by atoms with E-state index in [-0.39, 0.29) is 18.1 Å². The molecule has 10 heteroatoms. The molecular weight excluding hydrogens is 496 g/mol. The fourth-order valence-electron chi connectivity index (χ4n) is 2.77. The van der Waals surface area contributed by atoms with Crippen molar-refractivity contribution >= 4 is 44.2 Å². The number of amides is 1. The van der Waals surface area contributed by atoms with Crippen LogP contribution in [-0.4, -0.2) is 31.3 Å². The Kier molecular flexibility index (Phi) is 5.39. The normalized spacial score (nSPS) is 14.8. The first-order chi connectivity index (χ1) is 12.6. The van der Waals surface area contributed by atoms with Gasteiger partial charge in [0.2, 0.25) is 0 Å². The quantitative estimate of drug-likeness (QED) is 0.638. The van der Waals surface area contributed by atoms with Gasteiger partial charge < -0.3 is 4.90 Å². The Morgan fingerprint density at radius 3 is 2.41 bits per heavy atom. The number of hydrogen-bond donors (Lipinski definition) is 1. The van der Waals surface area contributed by atoms with Gasteiger partial charge >= 0.3 is 15.5 Å². The summed E-state index contributed by atoms with van der Waals surface area (Å²) in [4.78, 5) is 14.3. The highest BCUT2D eigenvalue weighted by Gasteiger charge is 2.46. The first-order valence-electron chi connectivity index (χ1n) is 7.82. The Bertz CT molecular complexity index is 976. The molecule has 1 N–H and O–H groups in total. The van der Waals surface area contributed by atoms with Crippen molar-refractivity contribution in [2.45, 2.75) is 18.5 Å². The molecule has 1 amide bonds. The molecule has 0 fully saturated rings. The Balaban J connectivity index is 1.71. The molecule has 3 rings (SSSR count). The zero-order valence-corrected chi connectivity index (χ0v) is 16.7. The van der Waals surface area contributed by atoms with Crippen molar-refractivity contribution in [2.75, 3.05) is 11.3 Å². The molecule has 1 heterocycles. The molecule has 0 unspecified atom stereocenters. The van der Waals surface area contributed by atoms with E-state index in [0.717, 1.165) is 15.6 Å². The van der Waals surface area contributed by atoms with Crippen molar-refractivity contribution < 1.29 is 26.4 Å². The van der Waals surface area contributed by atoms with Crippen LogP contribution in [0.5, 0.6) is 0 Å². The van der Waals surface area contributed by atoms with E-state index < -0.39 is 15.5 Å². The first kappa shape index (κ1) is 19.9. The highest BCUT2D eigenvalue weighted by molar-refractivity contribution is 14.1. The molecule has 0 aromatic heterocycles. The van der Waals surface area contributed by atoms with Crippen molar-refractivity contribution in [3.05, 3.63) is 62.7 Å². The summed E-state index contributed by atoms with van der Waals surface area (Å²) >= 11 is 2.19. The molecule has 0 saturated carbocycles. The molecule has 1 aliphatic rings. The van der Waals surface area contributed by atoms with Crippen molar-refractivity contribution in [1.82, 2.24) is 4.90 Å². The summed E-state index contributed by atoms with van der Waals surface area (Å²) < 4.78 is 62.0. The van der Waals surface area contributed by atoms with Gasteiger partial charge in [-0.3, -0.25) is 9.52 Å². The Labute approximate surface area is 167 Å². The third kappa shape index (κ3) is 4.37. The summed E-state index contributed by atoms with van der Waals surface area (Å²) in [6.07, 6.45) is 0.724. The number of nitrogens with one attached hydrogen (secondary N) is 1. The second-order valence-electron chi connectivity index (χ2n) is 6.03. The zero-order valence-electron chi connectivity index (χ0n) is 13.8. The summed E-state index contributed by atoms with van der Waals surface area (Å²) in [5.74, 6) is -0.102. The number of benzene rings is 2. The van der Waals surface area contributed by atoms with Gasteiger partial charge in [-0.25, -0.2) is 0 Å². The van der Waals surface area contributed by atoms with Gasteiger partial charge in [0.25, 0.3) is 5.91 Å². The lowest BCUT2D eigenvalue weighted by Crippen LogP contribution is -2.37. The van der Waals surface area contributed by atoms with Crippen LogP contribution in [0.4, 0.5) is 18.9 Å². The number of fused-ring (bicyclic) bond motifs is 1. The summed E-state index contributed by atoms with van der Waals surface area (Å²) in [5, 5.41) is 0. The molecule has 0 saturated heterocycles.